The third kappa shape index (κ3) is 3.87. The lowest BCUT2D eigenvalue weighted by atomic mass is 10.2. The van der Waals surface area contributed by atoms with Crippen molar-refractivity contribution in [2.45, 2.75) is 6.92 Å². The number of aryl methyl sites for hydroxylation is 1. The first-order valence-electron chi connectivity index (χ1n) is 9.39. The van der Waals surface area contributed by atoms with Crippen molar-refractivity contribution in [2.75, 3.05) is 47.9 Å². The van der Waals surface area contributed by atoms with Crippen molar-refractivity contribution in [2.24, 2.45) is 0 Å². The second-order valence-corrected chi connectivity index (χ2v) is 6.92. The zero-order valence-electron chi connectivity index (χ0n) is 15.9. The SMILES string of the molecule is Cc1cccc(N2CCN(c3nccc(N(C)c4ccccc4)n3)CC2)c1. The molecule has 0 radical (unpaired) electrons. The van der Waals surface area contributed by atoms with Gasteiger partial charge in [-0.25, -0.2) is 4.98 Å². The number of hydrogen-bond donors (Lipinski definition) is 0. The molecule has 3 aromatic rings. The van der Waals surface area contributed by atoms with Gasteiger partial charge in [0.15, 0.2) is 0 Å². The molecule has 0 saturated carbocycles. The van der Waals surface area contributed by atoms with Crippen molar-refractivity contribution in [1.82, 2.24) is 9.97 Å². The van der Waals surface area contributed by atoms with Gasteiger partial charge in [-0.15, -0.1) is 0 Å². The number of rotatable bonds is 4. The van der Waals surface area contributed by atoms with Crippen LogP contribution < -0.4 is 14.7 Å². The van der Waals surface area contributed by atoms with Gasteiger partial charge in [-0.2, -0.15) is 4.98 Å². The molecule has 1 aliphatic heterocycles. The number of hydrogen-bond acceptors (Lipinski definition) is 5. The van der Waals surface area contributed by atoms with Crippen LogP contribution in [0.15, 0.2) is 66.9 Å². The molecule has 2 aromatic carbocycles. The zero-order chi connectivity index (χ0) is 18.6. The Kier molecular flexibility index (Phi) is 4.92. The van der Waals surface area contributed by atoms with Crippen LogP contribution in [-0.4, -0.2) is 43.2 Å². The molecule has 4 rings (SSSR count). The monoisotopic (exact) mass is 359 g/mol. The molecule has 0 aliphatic carbocycles. The third-order valence-electron chi connectivity index (χ3n) is 5.04. The van der Waals surface area contributed by atoms with Crippen LogP contribution in [-0.2, 0) is 0 Å². The maximum atomic E-state index is 4.81. The van der Waals surface area contributed by atoms with E-state index in [1.54, 1.807) is 0 Å². The molecule has 1 aromatic heterocycles. The van der Waals surface area contributed by atoms with Gasteiger partial charge in [-0.05, 0) is 42.8 Å². The Morgan fingerprint density at radius 1 is 0.852 bits per heavy atom. The van der Waals surface area contributed by atoms with Gasteiger partial charge in [0.2, 0.25) is 5.95 Å². The fourth-order valence-electron chi connectivity index (χ4n) is 3.45. The van der Waals surface area contributed by atoms with E-state index >= 15 is 0 Å². The van der Waals surface area contributed by atoms with E-state index in [0.29, 0.717) is 0 Å². The quantitative estimate of drug-likeness (QED) is 0.706. The van der Waals surface area contributed by atoms with Crippen LogP contribution in [0.3, 0.4) is 0 Å². The maximum absolute atomic E-state index is 4.81. The highest BCUT2D eigenvalue weighted by Gasteiger charge is 2.20. The summed E-state index contributed by atoms with van der Waals surface area (Å²) in [4.78, 5) is 16.1. The molecule has 0 amide bonds. The van der Waals surface area contributed by atoms with E-state index < -0.39 is 0 Å². The summed E-state index contributed by atoms with van der Waals surface area (Å²) in [5.41, 5.74) is 3.72. The summed E-state index contributed by atoms with van der Waals surface area (Å²) in [7, 11) is 2.04. The number of aromatic nitrogens is 2. The predicted molar refractivity (Wildman–Crippen MR) is 112 cm³/mol. The lowest BCUT2D eigenvalue weighted by molar-refractivity contribution is 0.640. The molecule has 1 aliphatic rings. The maximum Gasteiger partial charge on any atom is 0.227 e. The van der Waals surface area contributed by atoms with E-state index in [2.05, 4.69) is 63.0 Å². The van der Waals surface area contributed by atoms with Crippen molar-refractivity contribution in [3.63, 3.8) is 0 Å². The predicted octanol–water partition coefficient (Wildman–Crippen LogP) is 3.88. The van der Waals surface area contributed by atoms with E-state index in [4.69, 9.17) is 4.98 Å². The minimum absolute atomic E-state index is 0.805. The molecule has 27 heavy (non-hydrogen) atoms. The first-order valence-corrected chi connectivity index (χ1v) is 9.39. The number of piperazine rings is 1. The fraction of sp³-hybridized carbons (Fsp3) is 0.273. The molecule has 0 spiro atoms. The minimum Gasteiger partial charge on any atom is -0.368 e. The van der Waals surface area contributed by atoms with Gasteiger partial charge in [0, 0.05) is 50.8 Å². The zero-order valence-corrected chi connectivity index (χ0v) is 15.9. The lowest BCUT2D eigenvalue weighted by Gasteiger charge is -2.36. The van der Waals surface area contributed by atoms with Crippen LogP contribution in [0.2, 0.25) is 0 Å². The Morgan fingerprint density at radius 2 is 1.59 bits per heavy atom. The average Bonchev–Trinajstić information content (AvgIpc) is 2.74. The van der Waals surface area contributed by atoms with E-state index in [9.17, 15) is 0 Å². The summed E-state index contributed by atoms with van der Waals surface area (Å²) in [5, 5.41) is 0. The highest BCUT2D eigenvalue weighted by atomic mass is 15.3. The molecular weight excluding hydrogens is 334 g/mol. The van der Waals surface area contributed by atoms with Crippen molar-refractivity contribution < 1.29 is 0 Å². The molecule has 2 heterocycles. The van der Waals surface area contributed by atoms with Crippen LogP contribution in [0, 0.1) is 6.92 Å². The summed E-state index contributed by atoms with van der Waals surface area (Å²) in [6, 6.07) is 20.9. The van der Waals surface area contributed by atoms with Crippen LogP contribution in [0.5, 0.6) is 0 Å². The smallest absolute Gasteiger partial charge is 0.227 e. The number of nitrogens with zero attached hydrogens (tertiary/aromatic N) is 5. The average molecular weight is 359 g/mol. The standard InChI is InChI=1S/C22H25N5/c1-18-7-6-10-20(17-18)26-13-15-27(16-14-26)22-23-12-11-21(24-22)25(2)19-8-4-3-5-9-19/h3-12,17H,13-16H2,1-2H3. The first-order chi connectivity index (χ1) is 13.2. The summed E-state index contributed by atoms with van der Waals surface area (Å²) in [6.07, 6.45) is 1.85. The van der Waals surface area contributed by atoms with Gasteiger partial charge < -0.3 is 14.7 Å². The summed E-state index contributed by atoms with van der Waals surface area (Å²) < 4.78 is 0. The van der Waals surface area contributed by atoms with Gasteiger partial charge in [-0.1, -0.05) is 30.3 Å². The van der Waals surface area contributed by atoms with E-state index in [1.165, 1.54) is 11.3 Å². The molecule has 0 unspecified atom stereocenters. The minimum atomic E-state index is 0.805. The Hall–Kier alpha value is -3.08. The van der Waals surface area contributed by atoms with Crippen molar-refractivity contribution in [3.8, 4) is 0 Å². The lowest BCUT2D eigenvalue weighted by Crippen LogP contribution is -2.47. The molecule has 5 heteroatoms. The Bertz CT molecular complexity index is 888. The molecule has 138 valence electrons. The van der Waals surface area contributed by atoms with Crippen LogP contribution in [0.1, 0.15) is 5.56 Å². The van der Waals surface area contributed by atoms with E-state index in [-0.39, 0.29) is 0 Å². The van der Waals surface area contributed by atoms with Crippen molar-refractivity contribution >= 4 is 23.1 Å². The summed E-state index contributed by atoms with van der Waals surface area (Å²) >= 11 is 0. The summed E-state index contributed by atoms with van der Waals surface area (Å²) in [5.74, 6) is 1.71. The van der Waals surface area contributed by atoms with Gasteiger partial charge >= 0.3 is 0 Å². The Balaban J connectivity index is 1.46. The first kappa shape index (κ1) is 17.3. The highest BCUT2D eigenvalue weighted by Crippen LogP contribution is 2.24. The highest BCUT2D eigenvalue weighted by molar-refractivity contribution is 5.60. The topological polar surface area (TPSA) is 35.5 Å². The Labute approximate surface area is 160 Å². The van der Waals surface area contributed by atoms with Crippen LogP contribution in [0.4, 0.5) is 23.1 Å². The Morgan fingerprint density at radius 3 is 2.33 bits per heavy atom. The molecular formula is C22H25N5. The van der Waals surface area contributed by atoms with Gasteiger partial charge in [0.25, 0.3) is 0 Å². The van der Waals surface area contributed by atoms with Gasteiger partial charge in [0.05, 0.1) is 0 Å². The number of benzene rings is 2. The molecule has 0 N–H and O–H groups in total. The molecule has 1 fully saturated rings. The molecule has 1 saturated heterocycles. The second-order valence-electron chi connectivity index (χ2n) is 6.92. The van der Waals surface area contributed by atoms with Gasteiger partial charge in [-0.3, -0.25) is 0 Å². The van der Waals surface area contributed by atoms with E-state index in [1.807, 2.05) is 37.5 Å². The molecule has 5 nitrogen and oxygen atoms in total. The van der Waals surface area contributed by atoms with E-state index in [0.717, 1.165) is 43.6 Å². The second kappa shape index (κ2) is 7.66. The van der Waals surface area contributed by atoms with Gasteiger partial charge in [0.1, 0.15) is 5.82 Å². The molecule has 0 atom stereocenters. The molecule has 0 bridgehead atoms. The van der Waals surface area contributed by atoms with Crippen LogP contribution in [0.25, 0.3) is 0 Å². The third-order valence-corrected chi connectivity index (χ3v) is 5.04. The van der Waals surface area contributed by atoms with Crippen LogP contribution >= 0.6 is 0 Å². The number of anilines is 4. The fourth-order valence-corrected chi connectivity index (χ4v) is 3.45. The van der Waals surface area contributed by atoms with Crippen molar-refractivity contribution in [3.05, 3.63) is 72.4 Å². The van der Waals surface area contributed by atoms with Crippen molar-refractivity contribution in [1.29, 1.82) is 0 Å². The summed E-state index contributed by atoms with van der Waals surface area (Å²) in [6.45, 7) is 5.94. The number of para-hydroxylation sites is 1. The largest absolute Gasteiger partial charge is 0.368 e. The normalized spacial score (nSPS) is 14.3.